The van der Waals surface area contributed by atoms with Crippen molar-refractivity contribution in [3.63, 3.8) is 0 Å². The minimum Gasteiger partial charge on any atom is -0.311 e. The summed E-state index contributed by atoms with van der Waals surface area (Å²) in [6.45, 7) is 2.04. The fraction of sp³-hybridized carbons (Fsp3) is 0.0270. The van der Waals surface area contributed by atoms with Crippen LogP contribution in [0.25, 0.3) is 33.7 Å². The van der Waals surface area contributed by atoms with Crippen LogP contribution in [0, 0.1) is 29.6 Å². The predicted molar refractivity (Wildman–Crippen MR) is 166 cm³/mol. The van der Waals surface area contributed by atoms with E-state index in [2.05, 4.69) is 114 Å². The second-order valence-electron chi connectivity index (χ2n) is 9.76. The maximum absolute atomic E-state index is 9.87. The van der Waals surface area contributed by atoms with Crippen LogP contribution >= 0.6 is 0 Å². The molecule has 3 nitrogen and oxygen atoms in total. The molecule has 0 aliphatic heterocycles. The van der Waals surface area contributed by atoms with Crippen LogP contribution in [0.2, 0.25) is 0 Å². The summed E-state index contributed by atoms with van der Waals surface area (Å²) in [5.74, 6) is 0. The first kappa shape index (κ1) is 24.7. The Kier molecular flexibility index (Phi) is 6.55. The molecule has 0 aliphatic rings. The van der Waals surface area contributed by atoms with Crippen LogP contribution in [0.5, 0.6) is 0 Å². The van der Waals surface area contributed by atoms with E-state index in [1.165, 1.54) is 0 Å². The van der Waals surface area contributed by atoms with Crippen LogP contribution in [0.1, 0.15) is 27.8 Å². The third-order valence-corrected chi connectivity index (χ3v) is 7.17. The van der Waals surface area contributed by atoms with Crippen LogP contribution in [0.3, 0.4) is 0 Å². The van der Waals surface area contributed by atoms with Crippen LogP contribution < -0.4 is 4.90 Å². The minimum absolute atomic E-state index is 0.432. The van der Waals surface area contributed by atoms with Gasteiger partial charge in [0.05, 0.1) is 11.1 Å². The molecule has 6 rings (SSSR count). The molecule has 0 unspecified atom stereocenters. The molecular formula is C37H25N3. The van der Waals surface area contributed by atoms with Crippen LogP contribution in [-0.2, 0) is 0 Å². The molecule has 40 heavy (non-hydrogen) atoms. The van der Waals surface area contributed by atoms with E-state index >= 15 is 0 Å². The molecule has 3 heteroatoms. The standard InChI is InChI=1S/C37H25N3/c1-26-12-20-32-34(22-26)35-23-28(17-21-33(35)37(25-39)36(32)24-38)14-13-27-15-18-31(19-16-27)40(29-8-4-2-5-9-29)30-10-6-3-7-11-30/h2-23H,1H3/b14-13-. The Bertz CT molecular complexity index is 1920. The van der Waals surface area contributed by atoms with Crippen molar-refractivity contribution in [3.05, 3.63) is 149 Å². The summed E-state index contributed by atoms with van der Waals surface area (Å²) < 4.78 is 0. The van der Waals surface area contributed by atoms with Gasteiger partial charge in [-0.05, 0) is 71.3 Å². The quantitative estimate of drug-likeness (QED) is 0.171. The topological polar surface area (TPSA) is 50.8 Å². The zero-order chi connectivity index (χ0) is 27.5. The number of benzene rings is 6. The molecule has 0 N–H and O–H groups in total. The fourth-order valence-electron chi connectivity index (χ4n) is 5.24. The second-order valence-corrected chi connectivity index (χ2v) is 9.76. The summed E-state index contributed by atoms with van der Waals surface area (Å²) in [6.07, 6.45) is 4.19. The molecule has 0 saturated heterocycles. The van der Waals surface area contributed by atoms with Crippen molar-refractivity contribution >= 4 is 50.8 Å². The molecule has 0 aliphatic carbocycles. The predicted octanol–water partition coefficient (Wildman–Crippen LogP) is 9.68. The first-order valence-corrected chi connectivity index (χ1v) is 13.1. The first-order chi connectivity index (χ1) is 19.7. The van der Waals surface area contributed by atoms with E-state index in [-0.39, 0.29) is 0 Å². The van der Waals surface area contributed by atoms with Gasteiger partial charge >= 0.3 is 0 Å². The molecule has 0 heterocycles. The number of aryl methyl sites for hydroxylation is 1. The highest BCUT2D eigenvalue weighted by molar-refractivity contribution is 6.13. The largest absolute Gasteiger partial charge is 0.311 e. The van der Waals surface area contributed by atoms with Gasteiger partial charge in [0.2, 0.25) is 0 Å². The molecule has 0 atom stereocenters. The van der Waals surface area contributed by atoms with Gasteiger partial charge in [0, 0.05) is 27.8 Å². The SMILES string of the molecule is Cc1ccc2c(C#N)c(C#N)c3ccc(/C=C\c4ccc(N(c5ccccc5)c5ccccc5)cc4)cc3c2c1. The molecule has 0 fully saturated rings. The van der Waals surface area contributed by atoms with E-state index in [9.17, 15) is 10.5 Å². The van der Waals surface area contributed by atoms with Gasteiger partial charge in [-0.25, -0.2) is 0 Å². The number of hydrogen-bond donors (Lipinski definition) is 0. The van der Waals surface area contributed by atoms with Gasteiger partial charge in [0.15, 0.2) is 0 Å². The van der Waals surface area contributed by atoms with E-state index in [0.717, 1.165) is 55.3 Å². The van der Waals surface area contributed by atoms with Crippen LogP contribution in [0.15, 0.2) is 121 Å². The Labute approximate surface area is 234 Å². The van der Waals surface area contributed by atoms with Crippen molar-refractivity contribution in [1.82, 2.24) is 0 Å². The van der Waals surface area contributed by atoms with E-state index in [0.29, 0.717) is 11.1 Å². The summed E-state index contributed by atoms with van der Waals surface area (Å²) >= 11 is 0. The highest BCUT2D eigenvalue weighted by atomic mass is 15.1. The van der Waals surface area contributed by atoms with Gasteiger partial charge in [-0.1, -0.05) is 96.6 Å². The summed E-state index contributed by atoms with van der Waals surface area (Å²) in [7, 11) is 0. The number of rotatable bonds is 5. The minimum atomic E-state index is 0.432. The maximum Gasteiger partial charge on any atom is 0.101 e. The Morgan fingerprint density at radius 3 is 1.55 bits per heavy atom. The highest BCUT2D eigenvalue weighted by Crippen LogP contribution is 2.35. The average Bonchev–Trinajstić information content (AvgIpc) is 3.01. The normalized spacial score (nSPS) is 11.0. The number of nitriles is 2. The highest BCUT2D eigenvalue weighted by Gasteiger charge is 2.15. The molecule has 0 saturated carbocycles. The van der Waals surface area contributed by atoms with E-state index in [4.69, 9.17) is 0 Å². The molecular weight excluding hydrogens is 486 g/mol. The zero-order valence-corrected chi connectivity index (χ0v) is 22.0. The summed E-state index contributed by atoms with van der Waals surface area (Å²) in [5.41, 5.74) is 7.39. The third-order valence-electron chi connectivity index (χ3n) is 7.17. The molecule has 6 aromatic carbocycles. The van der Waals surface area contributed by atoms with Crippen molar-refractivity contribution in [1.29, 1.82) is 10.5 Å². The summed E-state index contributed by atoms with van der Waals surface area (Å²) in [6, 6.07) is 45.9. The van der Waals surface area contributed by atoms with Gasteiger partial charge in [0.1, 0.15) is 12.1 Å². The smallest absolute Gasteiger partial charge is 0.101 e. The van der Waals surface area contributed by atoms with Crippen molar-refractivity contribution in [3.8, 4) is 12.1 Å². The number of hydrogen-bond acceptors (Lipinski definition) is 3. The third kappa shape index (κ3) is 4.58. The molecule has 0 bridgehead atoms. The molecule has 0 radical (unpaired) electrons. The first-order valence-electron chi connectivity index (χ1n) is 13.1. The van der Waals surface area contributed by atoms with Gasteiger partial charge in [-0.15, -0.1) is 0 Å². The summed E-state index contributed by atoms with van der Waals surface area (Å²) in [5, 5.41) is 23.3. The number of para-hydroxylation sites is 2. The van der Waals surface area contributed by atoms with Crippen molar-refractivity contribution in [2.45, 2.75) is 6.92 Å². The number of anilines is 3. The molecule has 6 aromatic rings. The van der Waals surface area contributed by atoms with Gasteiger partial charge < -0.3 is 4.90 Å². The molecule has 188 valence electrons. The van der Waals surface area contributed by atoms with Crippen molar-refractivity contribution < 1.29 is 0 Å². The molecule has 0 amide bonds. The Hall–Kier alpha value is -5.64. The van der Waals surface area contributed by atoms with Crippen molar-refractivity contribution in [2.24, 2.45) is 0 Å². The van der Waals surface area contributed by atoms with Gasteiger partial charge in [0.25, 0.3) is 0 Å². The van der Waals surface area contributed by atoms with Crippen LogP contribution in [-0.4, -0.2) is 0 Å². The zero-order valence-electron chi connectivity index (χ0n) is 22.0. The maximum atomic E-state index is 9.87. The lowest BCUT2D eigenvalue weighted by atomic mass is 9.91. The second kappa shape index (κ2) is 10.6. The lowest BCUT2D eigenvalue weighted by Crippen LogP contribution is -2.09. The van der Waals surface area contributed by atoms with E-state index in [1.54, 1.807) is 0 Å². The molecule has 0 aromatic heterocycles. The van der Waals surface area contributed by atoms with Gasteiger partial charge in [-0.3, -0.25) is 0 Å². The molecule has 0 spiro atoms. The fourth-order valence-corrected chi connectivity index (χ4v) is 5.24. The number of nitrogens with zero attached hydrogens (tertiary/aromatic N) is 3. The van der Waals surface area contributed by atoms with E-state index < -0.39 is 0 Å². The lowest BCUT2D eigenvalue weighted by molar-refractivity contribution is 1.28. The Morgan fingerprint density at radius 1 is 0.500 bits per heavy atom. The average molecular weight is 512 g/mol. The Balaban J connectivity index is 1.36. The summed E-state index contributed by atoms with van der Waals surface area (Å²) in [4.78, 5) is 2.24. The van der Waals surface area contributed by atoms with E-state index in [1.807, 2.05) is 43.3 Å². The van der Waals surface area contributed by atoms with Crippen LogP contribution in [0.4, 0.5) is 17.1 Å². The lowest BCUT2D eigenvalue weighted by Gasteiger charge is -2.25. The van der Waals surface area contributed by atoms with Crippen molar-refractivity contribution in [2.75, 3.05) is 4.90 Å². The monoisotopic (exact) mass is 511 g/mol. The number of fused-ring (bicyclic) bond motifs is 3. The van der Waals surface area contributed by atoms with Gasteiger partial charge in [-0.2, -0.15) is 10.5 Å². The Morgan fingerprint density at radius 2 is 0.975 bits per heavy atom.